The van der Waals surface area contributed by atoms with Gasteiger partial charge in [0, 0.05) is 29.0 Å². The van der Waals surface area contributed by atoms with Crippen LogP contribution in [0.25, 0.3) is 11.3 Å². The second kappa shape index (κ2) is 10.4. The van der Waals surface area contributed by atoms with Crippen molar-refractivity contribution in [3.63, 3.8) is 0 Å². The van der Waals surface area contributed by atoms with E-state index in [0.29, 0.717) is 47.0 Å². The number of methoxy groups -OCH3 is 2. The zero-order chi connectivity index (χ0) is 24.1. The summed E-state index contributed by atoms with van der Waals surface area (Å²) in [6, 6.07) is 13.0. The van der Waals surface area contributed by atoms with Crippen molar-refractivity contribution < 1.29 is 18.7 Å². The van der Waals surface area contributed by atoms with Crippen molar-refractivity contribution in [2.45, 2.75) is 26.3 Å². The molecule has 0 unspecified atom stereocenters. The molecular formula is C25H25ClN4O4. The number of benzene rings is 2. The van der Waals surface area contributed by atoms with Crippen LogP contribution in [0, 0.1) is 6.92 Å². The first-order valence-electron chi connectivity index (χ1n) is 10.7. The van der Waals surface area contributed by atoms with Crippen molar-refractivity contribution in [3.05, 3.63) is 76.9 Å². The summed E-state index contributed by atoms with van der Waals surface area (Å²) in [5.74, 6) is 2.92. The van der Waals surface area contributed by atoms with Crippen LogP contribution in [-0.2, 0) is 17.8 Å². The van der Waals surface area contributed by atoms with E-state index in [1.165, 1.54) is 0 Å². The van der Waals surface area contributed by atoms with E-state index in [1.54, 1.807) is 43.4 Å². The van der Waals surface area contributed by atoms with Crippen LogP contribution in [0.1, 0.15) is 23.4 Å². The largest absolute Gasteiger partial charge is 0.493 e. The third kappa shape index (κ3) is 5.40. The summed E-state index contributed by atoms with van der Waals surface area (Å²) in [6.07, 6.45) is 3.98. The van der Waals surface area contributed by atoms with Gasteiger partial charge in [-0.15, -0.1) is 0 Å². The van der Waals surface area contributed by atoms with Gasteiger partial charge in [0.2, 0.25) is 5.91 Å². The smallest absolute Gasteiger partial charge is 0.226 e. The number of aryl methyl sites for hydroxylation is 2. The minimum absolute atomic E-state index is 0.150. The Morgan fingerprint density at radius 1 is 1.09 bits per heavy atom. The molecule has 0 aliphatic carbocycles. The Bertz CT molecular complexity index is 1280. The molecule has 0 saturated carbocycles. The van der Waals surface area contributed by atoms with Gasteiger partial charge < -0.3 is 19.2 Å². The van der Waals surface area contributed by atoms with E-state index in [1.807, 2.05) is 37.3 Å². The maximum Gasteiger partial charge on any atom is 0.226 e. The lowest BCUT2D eigenvalue weighted by Gasteiger charge is -2.12. The Balaban J connectivity index is 1.39. The minimum atomic E-state index is -0.150. The van der Waals surface area contributed by atoms with E-state index >= 15 is 0 Å². The van der Waals surface area contributed by atoms with E-state index < -0.39 is 0 Å². The number of amides is 1. The number of nitrogens with one attached hydrogen (secondary N) is 1. The molecule has 0 atom stereocenters. The van der Waals surface area contributed by atoms with Crippen LogP contribution in [0.15, 0.2) is 59.3 Å². The molecule has 2 heterocycles. The van der Waals surface area contributed by atoms with E-state index in [2.05, 4.69) is 15.4 Å². The van der Waals surface area contributed by atoms with Crippen LogP contribution in [0.2, 0.25) is 5.02 Å². The second-order valence-corrected chi connectivity index (χ2v) is 8.13. The molecule has 4 aromatic rings. The first kappa shape index (κ1) is 23.4. The SMILES string of the molecule is COc1ccc(Cn2ncc(C)c2NC(=O)CCc2ncc(-c3ccc(Cl)cc3)o2)cc1OC. The Morgan fingerprint density at radius 2 is 1.85 bits per heavy atom. The molecule has 0 fully saturated rings. The van der Waals surface area contributed by atoms with Gasteiger partial charge in [0.15, 0.2) is 23.1 Å². The molecule has 34 heavy (non-hydrogen) atoms. The van der Waals surface area contributed by atoms with Gasteiger partial charge in [-0.2, -0.15) is 5.10 Å². The summed E-state index contributed by atoms with van der Waals surface area (Å²) in [4.78, 5) is 17.0. The van der Waals surface area contributed by atoms with Gasteiger partial charge >= 0.3 is 0 Å². The number of carbonyl (C=O) groups excluding carboxylic acids is 1. The highest BCUT2D eigenvalue weighted by molar-refractivity contribution is 6.30. The normalized spacial score (nSPS) is 10.8. The average Bonchev–Trinajstić information content (AvgIpc) is 3.45. The average molecular weight is 481 g/mol. The standard InChI is InChI=1S/C25H25ClN4O4/c1-16-13-28-30(15-17-4-9-20(32-2)21(12-17)33-3)25(16)29-23(31)10-11-24-27-14-22(34-24)18-5-7-19(26)8-6-18/h4-9,12-14H,10-11,15H2,1-3H3,(H,29,31). The van der Waals surface area contributed by atoms with Crippen molar-refractivity contribution in [2.75, 3.05) is 19.5 Å². The van der Waals surface area contributed by atoms with Gasteiger partial charge in [0.25, 0.3) is 0 Å². The highest BCUT2D eigenvalue weighted by Gasteiger charge is 2.14. The molecule has 2 aromatic carbocycles. The zero-order valence-electron chi connectivity index (χ0n) is 19.2. The molecule has 0 spiro atoms. The van der Waals surface area contributed by atoms with Gasteiger partial charge in [-0.25, -0.2) is 9.67 Å². The lowest BCUT2D eigenvalue weighted by atomic mass is 10.2. The summed E-state index contributed by atoms with van der Waals surface area (Å²) < 4.78 is 18.2. The van der Waals surface area contributed by atoms with Crippen molar-refractivity contribution in [1.29, 1.82) is 0 Å². The number of anilines is 1. The number of carbonyl (C=O) groups is 1. The first-order valence-corrected chi connectivity index (χ1v) is 11.1. The molecule has 9 heteroatoms. The van der Waals surface area contributed by atoms with E-state index in [4.69, 9.17) is 25.5 Å². The van der Waals surface area contributed by atoms with E-state index in [0.717, 1.165) is 16.7 Å². The predicted octanol–water partition coefficient (Wildman–Crippen LogP) is 5.14. The number of ether oxygens (including phenoxy) is 2. The highest BCUT2D eigenvalue weighted by atomic mass is 35.5. The molecule has 4 rings (SSSR count). The molecule has 8 nitrogen and oxygen atoms in total. The number of halogens is 1. The molecule has 2 aromatic heterocycles. The van der Waals surface area contributed by atoms with Crippen LogP contribution >= 0.6 is 11.6 Å². The monoisotopic (exact) mass is 480 g/mol. The van der Waals surface area contributed by atoms with Gasteiger partial charge in [0.05, 0.1) is 33.2 Å². The Kier molecular flexibility index (Phi) is 7.18. The van der Waals surface area contributed by atoms with Crippen LogP contribution in [0.5, 0.6) is 11.5 Å². The van der Waals surface area contributed by atoms with Crippen molar-refractivity contribution in [3.8, 4) is 22.8 Å². The molecule has 0 bridgehead atoms. The first-order chi connectivity index (χ1) is 16.5. The number of aromatic nitrogens is 3. The maximum atomic E-state index is 12.7. The zero-order valence-corrected chi connectivity index (χ0v) is 19.9. The van der Waals surface area contributed by atoms with Crippen LogP contribution in [0.3, 0.4) is 0 Å². The summed E-state index contributed by atoms with van der Waals surface area (Å²) >= 11 is 5.93. The quantitative estimate of drug-likeness (QED) is 0.357. The lowest BCUT2D eigenvalue weighted by Crippen LogP contribution is -2.17. The summed E-state index contributed by atoms with van der Waals surface area (Å²) in [6.45, 7) is 2.37. The molecule has 1 N–H and O–H groups in total. The van der Waals surface area contributed by atoms with Gasteiger partial charge in [-0.3, -0.25) is 4.79 Å². The summed E-state index contributed by atoms with van der Waals surface area (Å²) in [7, 11) is 3.19. The third-order valence-corrected chi connectivity index (χ3v) is 5.56. The maximum absolute atomic E-state index is 12.7. The van der Waals surface area contributed by atoms with E-state index in [9.17, 15) is 4.79 Å². The third-order valence-electron chi connectivity index (χ3n) is 5.31. The topological polar surface area (TPSA) is 91.4 Å². The van der Waals surface area contributed by atoms with Gasteiger partial charge in [-0.1, -0.05) is 17.7 Å². The van der Waals surface area contributed by atoms with Gasteiger partial charge in [0.1, 0.15) is 5.82 Å². The second-order valence-electron chi connectivity index (χ2n) is 7.70. The highest BCUT2D eigenvalue weighted by Crippen LogP contribution is 2.28. The molecule has 0 saturated heterocycles. The van der Waals surface area contributed by atoms with Crippen molar-refractivity contribution >= 4 is 23.3 Å². The van der Waals surface area contributed by atoms with Crippen molar-refractivity contribution in [1.82, 2.24) is 14.8 Å². The molecular weight excluding hydrogens is 456 g/mol. The Labute approximate surface area is 202 Å². The molecule has 176 valence electrons. The number of hydrogen-bond acceptors (Lipinski definition) is 6. The van der Waals surface area contributed by atoms with Crippen LogP contribution < -0.4 is 14.8 Å². The van der Waals surface area contributed by atoms with Crippen LogP contribution in [-0.4, -0.2) is 34.9 Å². The summed E-state index contributed by atoms with van der Waals surface area (Å²) in [5, 5.41) is 8.03. The predicted molar refractivity (Wildman–Crippen MR) is 130 cm³/mol. The van der Waals surface area contributed by atoms with Gasteiger partial charge in [-0.05, 0) is 48.9 Å². The lowest BCUT2D eigenvalue weighted by molar-refractivity contribution is -0.116. The Morgan fingerprint density at radius 3 is 2.59 bits per heavy atom. The fraction of sp³-hybridized carbons (Fsp3) is 0.240. The number of hydrogen-bond donors (Lipinski definition) is 1. The molecule has 0 radical (unpaired) electrons. The number of rotatable bonds is 9. The summed E-state index contributed by atoms with van der Waals surface area (Å²) in [5.41, 5.74) is 2.71. The molecule has 1 amide bonds. The fourth-order valence-corrected chi connectivity index (χ4v) is 3.63. The number of nitrogens with zero attached hydrogens (tertiary/aromatic N) is 3. The van der Waals surface area contributed by atoms with E-state index in [-0.39, 0.29) is 12.3 Å². The van der Waals surface area contributed by atoms with Crippen LogP contribution in [0.4, 0.5) is 5.82 Å². The number of oxazole rings is 1. The minimum Gasteiger partial charge on any atom is -0.493 e. The molecule has 0 aliphatic rings. The molecule has 0 aliphatic heterocycles. The Hall–Kier alpha value is -3.78. The van der Waals surface area contributed by atoms with Crippen molar-refractivity contribution in [2.24, 2.45) is 0 Å². The fourth-order valence-electron chi connectivity index (χ4n) is 3.50.